The van der Waals surface area contributed by atoms with Crippen molar-refractivity contribution in [2.75, 3.05) is 6.54 Å². The van der Waals surface area contributed by atoms with Crippen LogP contribution in [-0.2, 0) is 0 Å². The zero-order chi connectivity index (χ0) is 10.8. The summed E-state index contributed by atoms with van der Waals surface area (Å²) in [5.41, 5.74) is 5.88. The first-order valence-electron chi connectivity index (χ1n) is 5.24. The number of nitrogens with one attached hydrogen (secondary N) is 1. The summed E-state index contributed by atoms with van der Waals surface area (Å²) in [6, 6.07) is 4.56. The molecule has 1 aliphatic rings. The van der Waals surface area contributed by atoms with E-state index in [1.165, 1.54) is 4.88 Å². The molecule has 0 saturated carbocycles. The monoisotopic (exact) mass is 224 g/mol. The van der Waals surface area contributed by atoms with Crippen LogP contribution in [0.3, 0.4) is 0 Å². The van der Waals surface area contributed by atoms with Gasteiger partial charge < -0.3 is 11.1 Å². The summed E-state index contributed by atoms with van der Waals surface area (Å²) < 4.78 is 0. The van der Waals surface area contributed by atoms with Crippen LogP contribution in [0.15, 0.2) is 12.1 Å². The molecule has 2 heterocycles. The summed E-state index contributed by atoms with van der Waals surface area (Å²) in [7, 11) is 0. The molecule has 1 aliphatic heterocycles. The van der Waals surface area contributed by atoms with Gasteiger partial charge >= 0.3 is 0 Å². The van der Waals surface area contributed by atoms with Crippen molar-refractivity contribution in [3.63, 3.8) is 0 Å². The fraction of sp³-hybridized carbons (Fsp3) is 0.545. The van der Waals surface area contributed by atoms with E-state index in [2.05, 4.69) is 12.2 Å². The fourth-order valence-corrected chi connectivity index (χ4v) is 3.19. The smallest absolute Gasteiger partial charge is 0.160 e. The average molecular weight is 224 g/mol. The summed E-state index contributed by atoms with van der Waals surface area (Å²) in [5, 5.41) is 3.44. The Bertz CT molecular complexity index is 350. The molecule has 3 atom stereocenters. The van der Waals surface area contributed by atoms with Gasteiger partial charge in [-0.3, -0.25) is 4.79 Å². The number of hydrogen-bond acceptors (Lipinski definition) is 4. The highest BCUT2D eigenvalue weighted by Gasteiger charge is 2.27. The van der Waals surface area contributed by atoms with E-state index >= 15 is 0 Å². The first-order valence-corrected chi connectivity index (χ1v) is 6.06. The van der Waals surface area contributed by atoms with E-state index in [0.29, 0.717) is 12.0 Å². The van der Waals surface area contributed by atoms with Gasteiger partial charge in [-0.05, 0) is 24.5 Å². The number of carbonyl (C=O) groups is 1. The Morgan fingerprint density at radius 2 is 2.40 bits per heavy atom. The number of carbonyl (C=O) groups excluding carboxylic acids is 1. The summed E-state index contributed by atoms with van der Waals surface area (Å²) >= 11 is 1.57. The summed E-state index contributed by atoms with van der Waals surface area (Å²) in [5.74, 6) is 0.534. The van der Waals surface area contributed by atoms with Crippen molar-refractivity contribution >= 4 is 17.6 Å². The quantitative estimate of drug-likeness (QED) is 0.750. The predicted octanol–water partition coefficient (Wildman–Crippen LogP) is 1.56. The van der Waals surface area contributed by atoms with Gasteiger partial charge in [0.25, 0.3) is 0 Å². The maximum atomic E-state index is 10.6. The maximum Gasteiger partial charge on any atom is 0.160 e. The van der Waals surface area contributed by atoms with E-state index in [1.54, 1.807) is 11.3 Å². The van der Waals surface area contributed by atoms with Gasteiger partial charge in [-0.25, -0.2) is 0 Å². The molecule has 3 N–H and O–H groups in total. The van der Waals surface area contributed by atoms with Crippen LogP contribution in [0.25, 0.3) is 0 Å². The van der Waals surface area contributed by atoms with Crippen LogP contribution in [0, 0.1) is 5.92 Å². The third-order valence-electron chi connectivity index (χ3n) is 2.91. The molecule has 3 nitrogen and oxygen atoms in total. The molecule has 4 heteroatoms. The van der Waals surface area contributed by atoms with Crippen molar-refractivity contribution in [1.29, 1.82) is 0 Å². The lowest BCUT2D eigenvalue weighted by Crippen LogP contribution is -2.45. The number of piperidine rings is 1. The van der Waals surface area contributed by atoms with Gasteiger partial charge in [-0.2, -0.15) is 0 Å². The van der Waals surface area contributed by atoms with Crippen LogP contribution < -0.4 is 11.1 Å². The molecule has 1 fully saturated rings. The second-order valence-corrected chi connectivity index (χ2v) is 5.36. The normalized spacial score (nSPS) is 31.5. The lowest BCUT2D eigenvalue weighted by molar-refractivity contribution is 0.112. The zero-order valence-corrected chi connectivity index (χ0v) is 9.59. The number of rotatable bonds is 2. The molecule has 1 aromatic rings. The number of aldehydes is 1. The maximum absolute atomic E-state index is 10.6. The first-order chi connectivity index (χ1) is 7.20. The Balaban J connectivity index is 2.12. The Labute approximate surface area is 93.7 Å². The van der Waals surface area contributed by atoms with Crippen LogP contribution in [0.2, 0.25) is 0 Å². The Morgan fingerprint density at radius 1 is 1.60 bits per heavy atom. The molecular weight excluding hydrogens is 208 g/mol. The highest BCUT2D eigenvalue weighted by atomic mass is 32.1. The van der Waals surface area contributed by atoms with E-state index in [0.717, 1.165) is 24.1 Å². The van der Waals surface area contributed by atoms with E-state index < -0.39 is 0 Å². The molecule has 1 saturated heterocycles. The largest absolute Gasteiger partial charge is 0.327 e. The summed E-state index contributed by atoms with van der Waals surface area (Å²) in [6.07, 6.45) is 1.96. The van der Waals surface area contributed by atoms with Gasteiger partial charge in [0.05, 0.1) is 4.88 Å². The van der Waals surface area contributed by atoms with E-state index in [1.807, 2.05) is 12.1 Å². The Hall–Kier alpha value is -0.710. The van der Waals surface area contributed by atoms with Crippen molar-refractivity contribution in [1.82, 2.24) is 5.32 Å². The zero-order valence-electron chi connectivity index (χ0n) is 8.77. The van der Waals surface area contributed by atoms with Crippen molar-refractivity contribution < 1.29 is 4.79 Å². The average Bonchev–Trinajstić information content (AvgIpc) is 2.66. The summed E-state index contributed by atoms with van der Waals surface area (Å²) in [4.78, 5) is 12.7. The van der Waals surface area contributed by atoms with Crippen LogP contribution in [0.5, 0.6) is 0 Å². The molecule has 3 unspecified atom stereocenters. The second-order valence-electron chi connectivity index (χ2n) is 4.22. The Kier molecular flexibility index (Phi) is 3.19. The van der Waals surface area contributed by atoms with Crippen molar-refractivity contribution in [2.24, 2.45) is 11.7 Å². The third kappa shape index (κ3) is 2.27. The van der Waals surface area contributed by atoms with Gasteiger partial charge in [0.15, 0.2) is 6.29 Å². The molecule has 0 aromatic carbocycles. The molecule has 15 heavy (non-hydrogen) atoms. The molecule has 82 valence electrons. The third-order valence-corrected chi connectivity index (χ3v) is 4.01. The molecule has 1 aromatic heterocycles. The van der Waals surface area contributed by atoms with Crippen LogP contribution in [-0.4, -0.2) is 18.9 Å². The first kappa shape index (κ1) is 10.8. The molecule has 0 radical (unpaired) electrons. The van der Waals surface area contributed by atoms with E-state index in [4.69, 9.17) is 5.73 Å². The van der Waals surface area contributed by atoms with Crippen LogP contribution >= 0.6 is 11.3 Å². The minimum Gasteiger partial charge on any atom is -0.327 e. The molecular formula is C11H16N2OS. The van der Waals surface area contributed by atoms with Gasteiger partial charge in [0.1, 0.15) is 0 Å². The second kappa shape index (κ2) is 4.43. The molecule has 0 aliphatic carbocycles. The van der Waals surface area contributed by atoms with Crippen molar-refractivity contribution in [3.8, 4) is 0 Å². The minimum atomic E-state index is 0.266. The fourth-order valence-electron chi connectivity index (χ4n) is 2.16. The summed E-state index contributed by atoms with van der Waals surface area (Å²) in [6.45, 7) is 3.07. The Morgan fingerprint density at radius 3 is 3.00 bits per heavy atom. The van der Waals surface area contributed by atoms with Crippen LogP contribution in [0.4, 0.5) is 0 Å². The highest BCUT2D eigenvalue weighted by molar-refractivity contribution is 7.13. The molecule has 0 bridgehead atoms. The lowest BCUT2D eigenvalue weighted by Gasteiger charge is -2.33. The number of thiophene rings is 1. The number of nitrogens with two attached hydrogens (primary N) is 1. The van der Waals surface area contributed by atoms with Crippen LogP contribution in [0.1, 0.15) is 33.9 Å². The predicted molar refractivity (Wildman–Crippen MR) is 62.2 cm³/mol. The van der Waals surface area contributed by atoms with E-state index in [9.17, 15) is 4.79 Å². The number of hydrogen-bond donors (Lipinski definition) is 2. The SMILES string of the molecule is CC1CC(N)CNC1c1ccc(C=O)s1. The van der Waals surface area contributed by atoms with Gasteiger partial charge in [-0.15, -0.1) is 11.3 Å². The topological polar surface area (TPSA) is 55.1 Å². The van der Waals surface area contributed by atoms with E-state index in [-0.39, 0.29) is 6.04 Å². The molecule has 0 spiro atoms. The van der Waals surface area contributed by atoms with Gasteiger partial charge in [0, 0.05) is 23.5 Å². The minimum absolute atomic E-state index is 0.266. The molecule has 2 rings (SSSR count). The highest BCUT2D eigenvalue weighted by Crippen LogP contribution is 2.32. The lowest BCUT2D eigenvalue weighted by atomic mass is 9.89. The van der Waals surface area contributed by atoms with Gasteiger partial charge in [-0.1, -0.05) is 6.92 Å². The molecule has 0 amide bonds. The van der Waals surface area contributed by atoms with Crippen molar-refractivity contribution in [3.05, 3.63) is 21.9 Å². The standard InChI is InChI=1S/C11H16N2OS/c1-7-4-8(12)5-13-11(7)10-3-2-9(6-14)15-10/h2-3,6-8,11,13H,4-5,12H2,1H3. The van der Waals surface area contributed by atoms with Crippen molar-refractivity contribution in [2.45, 2.75) is 25.4 Å². The van der Waals surface area contributed by atoms with Gasteiger partial charge in [0.2, 0.25) is 0 Å².